The molecular formula is C21H26O5. The monoisotopic (exact) mass is 358 g/mol. The van der Waals surface area contributed by atoms with Crippen molar-refractivity contribution >= 4 is 0 Å². The predicted molar refractivity (Wildman–Crippen MR) is 98.6 cm³/mol. The fourth-order valence-electron chi connectivity index (χ4n) is 2.81. The Hall–Kier alpha value is -2.08. The number of ether oxygens (including phenoxy) is 3. The lowest BCUT2D eigenvalue weighted by Gasteiger charge is -2.27. The Morgan fingerprint density at radius 2 is 1.23 bits per heavy atom. The van der Waals surface area contributed by atoms with E-state index in [1.807, 2.05) is 38.1 Å². The van der Waals surface area contributed by atoms with Crippen molar-refractivity contribution in [1.29, 1.82) is 0 Å². The summed E-state index contributed by atoms with van der Waals surface area (Å²) >= 11 is 0. The molecule has 26 heavy (non-hydrogen) atoms. The summed E-state index contributed by atoms with van der Waals surface area (Å²) in [6.45, 7) is 7.23. The molecule has 2 atom stereocenters. The van der Waals surface area contributed by atoms with E-state index in [2.05, 4.69) is 0 Å². The molecule has 2 aliphatic heterocycles. The summed E-state index contributed by atoms with van der Waals surface area (Å²) in [5.74, 6) is 0.501. The molecule has 2 heterocycles. The van der Waals surface area contributed by atoms with Crippen LogP contribution in [0.3, 0.4) is 0 Å². The van der Waals surface area contributed by atoms with Gasteiger partial charge in [0, 0.05) is 16.5 Å². The predicted octanol–water partition coefficient (Wildman–Crippen LogP) is 3.22. The third-order valence-electron chi connectivity index (χ3n) is 4.57. The number of phenols is 2. The first-order chi connectivity index (χ1) is 12.5. The molecule has 5 heteroatoms. The Morgan fingerprint density at radius 3 is 1.58 bits per heavy atom. The number of rotatable bonds is 6. The number of para-hydroxylation sites is 2. The summed E-state index contributed by atoms with van der Waals surface area (Å²) in [6, 6.07) is 14.4. The number of epoxide rings is 2. The lowest BCUT2D eigenvalue weighted by Crippen LogP contribution is -2.19. The Kier molecular flexibility index (Phi) is 5.81. The molecule has 0 bridgehead atoms. The van der Waals surface area contributed by atoms with Crippen molar-refractivity contribution in [1.82, 2.24) is 0 Å². The van der Waals surface area contributed by atoms with E-state index in [0.717, 1.165) is 37.6 Å². The van der Waals surface area contributed by atoms with Crippen LogP contribution in [-0.4, -0.2) is 48.8 Å². The summed E-state index contributed by atoms with van der Waals surface area (Å²) in [5, 5.41) is 19.8. The van der Waals surface area contributed by atoms with Gasteiger partial charge in [0.25, 0.3) is 0 Å². The van der Waals surface area contributed by atoms with E-state index >= 15 is 0 Å². The van der Waals surface area contributed by atoms with E-state index in [4.69, 9.17) is 14.2 Å². The lowest BCUT2D eigenvalue weighted by molar-refractivity contribution is 0.102. The van der Waals surface area contributed by atoms with Crippen LogP contribution in [0.4, 0.5) is 0 Å². The van der Waals surface area contributed by atoms with Gasteiger partial charge in [-0.15, -0.1) is 0 Å². The van der Waals surface area contributed by atoms with Crippen LogP contribution < -0.4 is 0 Å². The molecule has 0 saturated carbocycles. The summed E-state index contributed by atoms with van der Waals surface area (Å²) in [4.78, 5) is 0. The highest BCUT2D eigenvalue weighted by molar-refractivity contribution is 5.49. The average molecular weight is 358 g/mol. The van der Waals surface area contributed by atoms with Gasteiger partial charge in [0.2, 0.25) is 0 Å². The summed E-state index contributed by atoms with van der Waals surface area (Å²) in [5.41, 5.74) is 1.18. The van der Waals surface area contributed by atoms with Crippen LogP contribution in [0.15, 0.2) is 48.5 Å². The van der Waals surface area contributed by atoms with Crippen LogP contribution in [0.2, 0.25) is 0 Å². The summed E-state index contributed by atoms with van der Waals surface area (Å²) in [7, 11) is 0. The van der Waals surface area contributed by atoms with E-state index in [0.29, 0.717) is 12.2 Å². The molecule has 2 fully saturated rings. The van der Waals surface area contributed by atoms with Crippen molar-refractivity contribution in [3.63, 3.8) is 0 Å². The molecule has 2 aromatic rings. The van der Waals surface area contributed by atoms with Crippen LogP contribution in [0, 0.1) is 0 Å². The first kappa shape index (κ1) is 18.7. The maximum atomic E-state index is 9.92. The van der Waals surface area contributed by atoms with Gasteiger partial charge in [-0.3, -0.25) is 0 Å². The minimum Gasteiger partial charge on any atom is -0.508 e. The quantitative estimate of drug-likeness (QED) is 0.776. The first-order valence-electron chi connectivity index (χ1n) is 8.86. The normalized spacial score (nSPS) is 20.8. The number of hydrogen-bond donors (Lipinski definition) is 2. The van der Waals surface area contributed by atoms with Gasteiger partial charge in [-0.25, -0.2) is 0 Å². The third kappa shape index (κ3) is 4.97. The smallest absolute Gasteiger partial charge is 0.119 e. The van der Waals surface area contributed by atoms with Crippen molar-refractivity contribution < 1.29 is 24.4 Å². The van der Waals surface area contributed by atoms with Gasteiger partial charge in [0.05, 0.1) is 26.4 Å². The third-order valence-corrected chi connectivity index (χ3v) is 4.57. The van der Waals surface area contributed by atoms with E-state index in [-0.39, 0.29) is 11.5 Å². The standard InChI is InChI=1S/C15H16O2.C6H10O3/c1-15(2,11-7-3-5-9-13(11)16)12-8-4-6-10-14(12)17;1(5-3-8-5)7-2-6-4-9-6/h3-10,16-17H,1-2H3;5-6H,1-4H2. The number of benzene rings is 2. The molecule has 2 N–H and O–H groups in total. The van der Waals surface area contributed by atoms with Crippen LogP contribution in [0.25, 0.3) is 0 Å². The zero-order valence-corrected chi connectivity index (χ0v) is 15.2. The molecule has 2 saturated heterocycles. The molecule has 2 aliphatic rings. The van der Waals surface area contributed by atoms with Gasteiger partial charge in [-0.2, -0.15) is 0 Å². The topological polar surface area (TPSA) is 74.8 Å². The van der Waals surface area contributed by atoms with Gasteiger partial charge in [-0.05, 0) is 12.1 Å². The van der Waals surface area contributed by atoms with Crippen molar-refractivity contribution in [3.8, 4) is 11.5 Å². The van der Waals surface area contributed by atoms with E-state index in [9.17, 15) is 10.2 Å². The van der Waals surface area contributed by atoms with Gasteiger partial charge in [-0.1, -0.05) is 50.2 Å². The first-order valence-corrected chi connectivity index (χ1v) is 8.86. The van der Waals surface area contributed by atoms with Crippen LogP contribution in [0.1, 0.15) is 25.0 Å². The van der Waals surface area contributed by atoms with Gasteiger partial charge in [0.1, 0.15) is 23.7 Å². The maximum absolute atomic E-state index is 9.92. The zero-order valence-electron chi connectivity index (χ0n) is 15.2. The zero-order chi connectivity index (χ0) is 18.6. The molecule has 4 rings (SSSR count). The molecular weight excluding hydrogens is 332 g/mol. The Labute approximate surface area is 154 Å². The Balaban J connectivity index is 0.000000181. The molecule has 2 aromatic carbocycles. The number of aromatic hydroxyl groups is 2. The highest BCUT2D eigenvalue weighted by Crippen LogP contribution is 2.40. The van der Waals surface area contributed by atoms with Crippen molar-refractivity contribution in [2.24, 2.45) is 0 Å². The second-order valence-electron chi connectivity index (χ2n) is 7.11. The second-order valence-corrected chi connectivity index (χ2v) is 7.11. The van der Waals surface area contributed by atoms with Crippen molar-refractivity contribution in [2.45, 2.75) is 31.5 Å². The fourth-order valence-corrected chi connectivity index (χ4v) is 2.81. The summed E-state index contributed by atoms with van der Waals surface area (Å²) < 4.78 is 15.1. The van der Waals surface area contributed by atoms with Gasteiger partial charge in [0.15, 0.2) is 0 Å². The van der Waals surface area contributed by atoms with E-state index in [1.54, 1.807) is 24.3 Å². The SMILES string of the molecule is C(OCC1CO1)C1CO1.CC(C)(c1ccccc1O)c1ccccc1O. The molecule has 2 unspecified atom stereocenters. The average Bonchev–Trinajstić information content (AvgIpc) is 3.52. The molecule has 0 aliphatic carbocycles. The molecule has 140 valence electrons. The Morgan fingerprint density at radius 1 is 0.846 bits per heavy atom. The molecule has 0 radical (unpaired) electrons. The summed E-state index contributed by atoms with van der Waals surface area (Å²) in [6.07, 6.45) is 0.785. The van der Waals surface area contributed by atoms with Crippen molar-refractivity contribution in [3.05, 3.63) is 59.7 Å². The highest BCUT2D eigenvalue weighted by atomic mass is 16.6. The van der Waals surface area contributed by atoms with Gasteiger partial charge >= 0.3 is 0 Å². The molecule has 0 amide bonds. The lowest BCUT2D eigenvalue weighted by atomic mass is 9.77. The molecule has 5 nitrogen and oxygen atoms in total. The van der Waals surface area contributed by atoms with E-state index in [1.165, 1.54) is 0 Å². The van der Waals surface area contributed by atoms with E-state index < -0.39 is 5.41 Å². The minimum atomic E-state index is -0.434. The fraction of sp³-hybridized carbons (Fsp3) is 0.429. The maximum Gasteiger partial charge on any atom is 0.119 e. The second kappa shape index (κ2) is 8.08. The van der Waals surface area contributed by atoms with Gasteiger partial charge < -0.3 is 24.4 Å². The largest absolute Gasteiger partial charge is 0.508 e. The van der Waals surface area contributed by atoms with Crippen LogP contribution in [0.5, 0.6) is 11.5 Å². The Bertz CT molecular complexity index is 660. The highest BCUT2D eigenvalue weighted by Gasteiger charge is 2.28. The molecule has 0 spiro atoms. The van der Waals surface area contributed by atoms with Crippen LogP contribution >= 0.6 is 0 Å². The molecule has 0 aromatic heterocycles. The number of phenolic OH excluding ortho intramolecular Hbond substituents is 2. The van der Waals surface area contributed by atoms with Crippen molar-refractivity contribution in [2.75, 3.05) is 26.4 Å². The van der Waals surface area contributed by atoms with Crippen LogP contribution in [-0.2, 0) is 19.6 Å². The number of hydrogen-bond acceptors (Lipinski definition) is 5. The minimum absolute atomic E-state index is 0.251.